The van der Waals surface area contributed by atoms with E-state index in [0.29, 0.717) is 18.8 Å². The van der Waals surface area contributed by atoms with E-state index in [1.807, 2.05) is 47.8 Å². The van der Waals surface area contributed by atoms with Gasteiger partial charge in [-0.1, -0.05) is 11.6 Å². The lowest BCUT2D eigenvalue weighted by Gasteiger charge is -2.26. The second-order valence-corrected chi connectivity index (χ2v) is 8.91. The zero-order valence-corrected chi connectivity index (χ0v) is 20.0. The summed E-state index contributed by atoms with van der Waals surface area (Å²) >= 11 is 1.59. The minimum Gasteiger partial charge on any atom is -0.496 e. The molecule has 2 amide bonds. The van der Waals surface area contributed by atoms with Gasteiger partial charge in [-0.15, -0.1) is 0 Å². The molecule has 1 unspecified atom stereocenters. The molecule has 0 bridgehead atoms. The average Bonchev–Trinajstić information content (AvgIpc) is 3.43. The summed E-state index contributed by atoms with van der Waals surface area (Å²) in [6.07, 6.45) is 2.07. The van der Waals surface area contributed by atoms with Crippen LogP contribution in [0, 0.1) is 0 Å². The first-order valence-corrected chi connectivity index (χ1v) is 11.7. The Kier molecular flexibility index (Phi) is 6.71. The lowest BCUT2D eigenvalue weighted by Crippen LogP contribution is -2.48. The summed E-state index contributed by atoms with van der Waals surface area (Å²) < 4.78 is 11.7. The molecule has 0 saturated carbocycles. The molecule has 4 rings (SSSR count). The zero-order chi connectivity index (χ0) is 23.5. The fourth-order valence-corrected chi connectivity index (χ4v) is 4.59. The van der Waals surface area contributed by atoms with E-state index in [2.05, 4.69) is 22.1 Å². The number of thiophene rings is 1. The second-order valence-electron chi connectivity index (χ2n) is 8.13. The lowest BCUT2D eigenvalue weighted by atomic mass is 9.96. The summed E-state index contributed by atoms with van der Waals surface area (Å²) in [5.41, 5.74) is 9.08. The number of allylic oxidation sites excluding steroid dienone is 1. The molecule has 9 heteroatoms. The molecule has 1 aromatic carbocycles. The summed E-state index contributed by atoms with van der Waals surface area (Å²) in [7, 11) is 1.65. The number of hydrogen-bond donors (Lipinski definition) is 3. The molecule has 174 valence electrons. The van der Waals surface area contributed by atoms with Crippen molar-refractivity contribution in [1.29, 1.82) is 0 Å². The highest BCUT2D eigenvalue weighted by Crippen LogP contribution is 2.44. The number of fused-ring (bicyclic) bond motifs is 2. The summed E-state index contributed by atoms with van der Waals surface area (Å²) in [6, 6.07) is 5.38. The van der Waals surface area contributed by atoms with Crippen LogP contribution >= 0.6 is 11.3 Å². The SMILES string of the molecule is COc1cc2c(cc1C=C(C)C)C1=C(CO2)C(C(=O)NCCNC(C)=O)NN1c1ccsc1. The molecule has 1 atom stereocenters. The Morgan fingerprint density at radius 3 is 2.73 bits per heavy atom. The Morgan fingerprint density at radius 1 is 1.27 bits per heavy atom. The number of hydrazine groups is 1. The molecule has 2 aliphatic heterocycles. The molecule has 3 N–H and O–H groups in total. The minimum absolute atomic E-state index is 0.128. The molecular weight excluding hydrogens is 440 g/mol. The smallest absolute Gasteiger partial charge is 0.243 e. The quantitative estimate of drug-likeness (QED) is 0.542. The predicted molar refractivity (Wildman–Crippen MR) is 130 cm³/mol. The van der Waals surface area contributed by atoms with Crippen molar-refractivity contribution in [3.05, 3.63) is 51.2 Å². The highest BCUT2D eigenvalue weighted by atomic mass is 32.1. The molecule has 0 fully saturated rings. The molecule has 2 aromatic rings. The summed E-state index contributed by atoms with van der Waals surface area (Å²) in [6.45, 7) is 6.53. The fraction of sp³-hybridized carbons (Fsp3) is 0.333. The number of hydrogen-bond acceptors (Lipinski definition) is 7. The number of carbonyl (C=O) groups is 2. The Balaban J connectivity index is 1.72. The lowest BCUT2D eigenvalue weighted by molar-refractivity contribution is -0.123. The van der Waals surface area contributed by atoms with Crippen molar-refractivity contribution in [1.82, 2.24) is 16.1 Å². The Bertz CT molecular complexity index is 1120. The van der Waals surface area contributed by atoms with Gasteiger partial charge in [0.15, 0.2) is 0 Å². The van der Waals surface area contributed by atoms with Gasteiger partial charge in [-0.25, -0.2) is 5.43 Å². The summed E-state index contributed by atoms with van der Waals surface area (Å²) in [5.74, 6) is 1.15. The standard InChI is InChI=1S/C24H28N4O4S/c1-14(2)9-16-10-18-21(11-20(16)31-4)32-12-19-22(24(30)26-7-6-25-15(3)29)27-28(23(18)19)17-5-8-33-13-17/h5,8-11,13,22,27H,6-7,12H2,1-4H3,(H,25,29)(H,26,30). The highest BCUT2D eigenvalue weighted by molar-refractivity contribution is 7.08. The van der Waals surface area contributed by atoms with E-state index in [-0.39, 0.29) is 18.4 Å². The van der Waals surface area contributed by atoms with Crippen LogP contribution in [-0.4, -0.2) is 44.7 Å². The number of carbonyl (C=O) groups excluding carboxylic acids is 2. The molecule has 8 nitrogen and oxygen atoms in total. The number of anilines is 1. The van der Waals surface area contributed by atoms with E-state index < -0.39 is 6.04 Å². The van der Waals surface area contributed by atoms with Crippen LogP contribution in [0.15, 0.2) is 40.1 Å². The van der Waals surface area contributed by atoms with Crippen LogP contribution in [-0.2, 0) is 9.59 Å². The Hall–Kier alpha value is -3.30. The Morgan fingerprint density at radius 2 is 2.06 bits per heavy atom. The van der Waals surface area contributed by atoms with Gasteiger partial charge in [0, 0.05) is 48.2 Å². The summed E-state index contributed by atoms with van der Waals surface area (Å²) in [4.78, 5) is 24.1. The average molecular weight is 469 g/mol. The van der Waals surface area contributed by atoms with Crippen molar-refractivity contribution in [2.75, 3.05) is 31.8 Å². The zero-order valence-electron chi connectivity index (χ0n) is 19.2. The maximum Gasteiger partial charge on any atom is 0.243 e. The van der Waals surface area contributed by atoms with Crippen molar-refractivity contribution < 1.29 is 19.1 Å². The normalized spacial score (nSPS) is 16.5. The van der Waals surface area contributed by atoms with E-state index in [4.69, 9.17) is 9.47 Å². The molecule has 1 aromatic heterocycles. The molecule has 0 radical (unpaired) electrons. The third kappa shape index (κ3) is 4.74. The van der Waals surface area contributed by atoms with Crippen molar-refractivity contribution in [2.45, 2.75) is 26.8 Å². The number of nitrogens with one attached hydrogen (secondary N) is 3. The highest BCUT2D eigenvalue weighted by Gasteiger charge is 2.41. The van der Waals surface area contributed by atoms with Crippen molar-refractivity contribution >= 4 is 40.6 Å². The molecule has 0 spiro atoms. The molecular formula is C24H28N4O4S. The van der Waals surface area contributed by atoms with Gasteiger partial charge in [0.25, 0.3) is 0 Å². The third-order valence-electron chi connectivity index (χ3n) is 5.37. The van der Waals surface area contributed by atoms with Gasteiger partial charge in [-0.2, -0.15) is 11.3 Å². The van der Waals surface area contributed by atoms with Crippen LogP contribution in [0.3, 0.4) is 0 Å². The van der Waals surface area contributed by atoms with Crippen LogP contribution in [0.4, 0.5) is 5.69 Å². The first-order chi connectivity index (χ1) is 15.9. The maximum absolute atomic E-state index is 13.1. The molecule has 2 aliphatic rings. The van der Waals surface area contributed by atoms with Gasteiger partial charge in [-0.3, -0.25) is 14.6 Å². The van der Waals surface area contributed by atoms with Gasteiger partial charge >= 0.3 is 0 Å². The van der Waals surface area contributed by atoms with Gasteiger partial charge in [0.2, 0.25) is 11.8 Å². The van der Waals surface area contributed by atoms with E-state index in [0.717, 1.165) is 39.4 Å². The van der Waals surface area contributed by atoms with Crippen LogP contribution in [0.25, 0.3) is 11.8 Å². The van der Waals surface area contributed by atoms with Crippen molar-refractivity contribution in [2.24, 2.45) is 0 Å². The number of methoxy groups -OCH3 is 1. The molecule has 0 aliphatic carbocycles. The second kappa shape index (κ2) is 9.68. The fourth-order valence-electron chi connectivity index (χ4n) is 3.97. The Labute approximate surface area is 197 Å². The van der Waals surface area contributed by atoms with Crippen molar-refractivity contribution in [3.8, 4) is 11.5 Å². The molecule has 3 heterocycles. The maximum atomic E-state index is 13.1. The van der Waals surface area contributed by atoms with Crippen molar-refractivity contribution in [3.63, 3.8) is 0 Å². The first kappa shape index (κ1) is 22.9. The predicted octanol–water partition coefficient (Wildman–Crippen LogP) is 2.93. The number of rotatable bonds is 7. The number of benzene rings is 1. The van der Waals surface area contributed by atoms with Crippen LogP contribution in [0.5, 0.6) is 11.5 Å². The largest absolute Gasteiger partial charge is 0.496 e. The summed E-state index contributed by atoms with van der Waals surface area (Å²) in [5, 5.41) is 11.6. The topological polar surface area (TPSA) is 91.9 Å². The van der Waals surface area contributed by atoms with E-state index in [1.165, 1.54) is 6.92 Å². The van der Waals surface area contributed by atoms with Crippen LogP contribution < -0.4 is 30.5 Å². The third-order valence-corrected chi connectivity index (χ3v) is 6.04. The van der Waals surface area contributed by atoms with E-state index in [9.17, 15) is 9.59 Å². The van der Waals surface area contributed by atoms with Crippen LogP contribution in [0.2, 0.25) is 0 Å². The number of nitrogens with zero attached hydrogens (tertiary/aromatic N) is 1. The van der Waals surface area contributed by atoms with E-state index >= 15 is 0 Å². The minimum atomic E-state index is -0.584. The van der Waals surface area contributed by atoms with Gasteiger partial charge in [-0.05, 0) is 31.4 Å². The van der Waals surface area contributed by atoms with Gasteiger partial charge in [0.1, 0.15) is 24.1 Å². The monoisotopic (exact) mass is 468 g/mol. The number of amides is 2. The van der Waals surface area contributed by atoms with Gasteiger partial charge < -0.3 is 20.1 Å². The molecule has 33 heavy (non-hydrogen) atoms. The van der Waals surface area contributed by atoms with Gasteiger partial charge in [0.05, 0.1) is 18.5 Å². The first-order valence-electron chi connectivity index (χ1n) is 10.7. The van der Waals surface area contributed by atoms with Crippen LogP contribution in [0.1, 0.15) is 31.9 Å². The molecule has 0 saturated heterocycles. The van der Waals surface area contributed by atoms with E-state index in [1.54, 1.807) is 18.4 Å². The number of ether oxygens (including phenoxy) is 2.